The van der Waals surface area contributed by atoms with Crippen LogP contribution in [0.1, 0.15) is 17.2 Å². The summed E-state index contributed by atoms with van der Waals surface area (Å²) in [5, 5.41) is 0. The van der Waals surface area contributed by atoms with Crippen LogP contribution in [0.5, 0.6) is 0 Å². The van der Waals surface area contributed by atoms with Gasteiger partial charge in [0.05, 0.1) is 11.4 Å². The first kappa shape index (κ1) is 13.8. The summed E-state index contributed by atoms with van der Waals surface area (Å²) < 4.78 is 2.23. The summed E-state index contributed by atoms with van der Waals surface area (Å²) in [4.78, 5) is 4.73. The molecule has 0 saturated heterocycles. The number of nitrogens with zero attached hydrogens (tertiary/aromatic N) is 2. The molecule has 112 valence electrons. The molecule has 1 aliphatic carbocycles. The number of hydrogen-bond donors (Lipinski definition) is 0. The molecule has 23 heavy (non-hydrogen) atoms. The topological polar surface area (TPSA) is 17.8 Å². The number of fused-ring (bicyclic) bond motifs is 1. The number of benzene rings is 2. The predicted octanol–water partition coefficient (Wildman–Crippen LogP) is 4.97. The van der Waals surface area contributed by atoms with E-state index in [-0.39, 0.29) is 0 Å². The Balaban J connectivity index is 1.76. The number of aryl methyl sites for hydroxylation is 1. The van der Waals surface area contributed by atoms with Crippen molar-refractivity contribution in [3.63, 3.8) is 0 Å². The lowest BCUT2D eigenvalue weighted by molar-refractivity contribution is 0.966. The van der Waals surface area contributed by atoms with Crippen molar-refractivity contribution in [2.75, 3.05) is 0 Å². The summed E-state index contributed by atoms with van der Waals surface area (Å²) in [7, 11) is 0. The van der Waals surface area contributed by atoms with Crippen molar-refractivity contribution >= 4 is 6.08 Å². The number of allylic oxidation sites excluding steroid dienone is 3. The van der Waals surface area contributed by atoms with Gasteiger partial charge in [0.1, 0.15) is 5.82 Å². The molecule has 3 aromatic rings. The molecule has 0 atom stereocenters. The van der Waals surface area contributed by atoms with Gasteiger partial charge in [0, 0.05) is 12.1 Å². The molecule has 0 unspecified atom stereocenters. The average molecular weight is 298 g/mol. The van der Waals surface area contributed by atoms with E-state index in [0.29, 0.717) is 0 Å². The Kier molecular flexibility index (Phi) is 3.43. The second-order valence-corrected chi connectivity index (χ2v) is 5.73. The lowest BCUT2D eigenvalue weighted by atomic mass is 10.1. The van der Waals surface area contributed by atoms with Crippen LogP contribution in [0.4, 0.5) is 0 Å². The van der Waals surface area contributed by atoms with Gasteiger partial charge in [0.25, 0.3) is 0 Å². The molecule has 0 spiro atoms. The van der Waals surface area contributed by atoms with Crippen LogP contribution in [0.15, 0.2) is 72.8 Å². The van der Waals surface area contributed by atoms with Gasteiger partial charge < -0.3 is 0 Å². The van der Waals surface area contributed by atoms with E-state index < -0.39 is 0 Å². The van der Waals surface area contributed by atoms with Gasteiger partial charge in [-0.05, 0) is 36.3 Å². The van der Waals surface area contributed by atoms with E-state index in [2.05, 4.69) is 84.3 Å². The summed E-state index contributed by atoms with van der Waals surface area (Å²) in [5.74, 6) is 1.03. The summed E-state index contributed by atoms with van der Waals surface area (Å²) in [5.41, 5.74) is 5.95. The molecule has 1 heterocycles. The van der Waals surface area contributed by atoms with Gasteiger partial charge in [-0.1, -0.05) is 60.7 Å². The highest BCUT2D eigenvalue weighted by atomic mass is 15.1. The molecule has 0 amide bonds. The molecule has 0 radical (unpaired) electrons. The number of aromatic nitrogens is 2. The minimum atomic E-state index is 0.887. The molecule has 0 saturated carbocycles. The molecule has 4 rings (SSSR count). The minimum absolute atomic E-state index is 0.887. The van der Waals surface area contributed by atoms with Crippen molar-refractivity contribution in [1.29, 1.82) is 0 Å². The molecule has 2 aromatic carbocycles. The monoisotopic (exact) mass is 298 g/mol. The standard InChI is InChI=1S/C21H18N2/c1-16-22-20-10-6-3-7-11-21(20)23(16)19-14-12-18(13-15-19)17-8-4-2-5-9-17/h2-9,11-15H,10H2,1H3. The Labute approximate surface area is 136 Å². The van der Waals surface area contributed by atoms with E-state index in [0.717, 1.165) is 23.6 Å². The zero-order valence-corrected chi connectivity index (χ0v) is 13.1. The molecule has 0 fully saturated rings. The Morgan fingerprint density at radius 2 is 1.61 bits per heavy atom. The zero-order chi connectivity index (χ0) is 15.6. The number of hydrogen-bond acceptors (Lipinski definition) is 1. The second kappa shape index (κ2) is 5.73. The first-order valence-corrected chi connectivity index (χ1v) is 7.90. The highest BCUT2D eigenvalue weighted by Crippen LogP contribution is 2.25. The SMILES string of the molecule is Cc1nc2c(n1-c1ccc(-c3ccccc3)cc1)C=CC=CC2. The van der Waals surface area contributed by atoms with E-state index in [1.807, 2.05) is 6.07 Å². The zero-order valence-electron chi connectivity index (χ0n) is 13.1. The fraction of sp³-hybridized carbons (Fsp3) is 0.0952. The normalized spacial score (nSPS) is 12.9. The first-order valence-electron chi connectivity index (χ1n) is 7.90. The molecule has 0 bridgehead atoms. The van der Waals surface area contributed by atoms with Gasteiger partial charge in [0.15, 0.2) is 0 Å². The summed E-state index contributed by atoms with van der Waals surface area (Å²) in [6.45, 7) is 2.07. The van der Waals surface area contributed by atoms with E-state index in [1.54, 1.807) is 0 Å². The molecule has 1 aromatic heterocycles. The van der Waals surface area contributed by atoms with Gasteiger partial charge in [-0.15, -0.1) is 0 Å². The molecule has 1 aliphatic rings. The van der Waals surface area contributed by atoms with Crippen LogP contribution in [0.3, 0.4) is 0 Å². The third-order valence-electron chi connectivity index (χ3n) is 4.20. The van der Waals surface area contributed by atoms with Crippen molar-refractivity contribution in [3.8, 4) is 16.8 Å². The van der Waals surface area contributed by atoms with Crippen LogP contribution in [-0.2, 0) is 6.42 Å². The van der Waals surface area contributed by atoms with E-state index >= 15 is 0 Å². The maximum atomic E-state index is 4.73. The van der Waals surface area contributed by atoms with Gasteiger partial charge in [-0.25, -0.2) is 4.98 Å². The Morgan fingerprint density at radius 1 is 0.870 bits per heavy atom. The molecular formula is C21H18N2. The van der Waals surface area contributed by atoms with Gasteiger partial charge in [-0.3, -0.25) is 4.57 Å². The van der Waals surface area contributed by atoms with Crippen molar-refractivity contribution in [2.24, 2.45) is 0 Å². The largest absolute Gasteiger partial charge is 0.297 e. The maximum absolute atomic E-state index is 4.73. The Bertz CT molecular complexity index is 882. The average Bonchev–Trinajstić information content (AvgIpc) is 2.76. The summed E-state index contributed by atoms with van der Waals surface area (Å²) in [6.07, 6.45) is 9.35. The maximum Gasteiger partial charge on any atom is 0.110 e. The predicted molar refractivity (Wildman–Crippen MR) is 95.6 cm³/mol. The molecular weight excluding hydrogens is 280 g/mol. The molecule has 0 aliphatic heterocycles. The van der Waals surface area contributed by atoms with Crippen LogP contribution in [0.25, 0.3) is 22.9 Å². The Hall–Kier alpha value is -2.87. The lowest BCUT2D eigenvalue weighted by Gasteiger charge is -2.10. The molecule has 2 nitrogen and oxygen atoms in total. The first-order chi connectivity index (χ1) is 11.3. The van der Waals surface area contributed by atoms with Crippen LogP contribution < -0.4 is 0 Å². The van der Waals surface area contributed by atoms with E-state index in [4.69, 9.17) is 4.98 Å². The van der Waals surface area contributed by atoms with Crippen molar-refractivity contribution in [2.45, 2.75) is 13.3 Å². The van der Waals surface area contributed by atoms with E-state index in [1.165, 1.54) is 16.8 Å². The van der Waals surface area contributed by atoms with Crippen molar-refractivity contribution < 1.29 is 0 Å². The fourth-order valence-corrected chi connectivity index (χ4v) is 3.09. The van der Waals surface area contributed by atoms with Crippen molar-refractivity contribution in [3.05, 3.63) is 90.0 Å². The van der Waals surface area contributed by atoms with Gasteiger partial charge in [0.2, 0.25) is 0 Å². The van der Waals surface area contributed by atoms with Crippen LogP contribution in [0.2, 0.25) is 0 Å². The fourth-order valence-electron chi connectivity index (χ4n) is 3.09. The van der Waals surface area contributed by atoms with Crippen LogP contribution in [-0.4, -0.2) is 9.55 Å². The van der Waals surface area contributed by atoms with Gasteiger partial charge >= 0.3 is 0 Å². The molecule has 2 heteroatoms. The third-order valence-corrected chi connectivity index (χ3v) is 4.20. The number of rotatable bonds is 2. The third kappa shape index (κ3) is 2.53. The second-order valence-electron chi connectivity index (χ2n) is 5.73. The quantitative estimate of drug-likeness (QED) is 0.653. The highest BCUT2D eigenvalue weighted by Gasteiger charge is 2.14. The van der Waals surface area contributed by atoms with Crippen LogP contribution in [0, 0.1) is 6.92 Å². The molecule has 0 N–H and O–H groups in total. The summed E-state index contributed by atoms with van der Waals surface area (Å²) >= 11 is 0. The van der Waals surface area contributed by atoms with Crippen molar-refractivity contribution in [1.82, 2.24) is 9.55 Å². The summed E-state index contributed by atoms with van der Waals surface area (Å²) in [6, 6.07) is 19.2. The van der Waals surface area contributed by atoms with Gasteiger partial charge in [-0.2, -0.15) is 0 Å². The smallest absolute Gasteiger partial charge is 0.110 e. The Morgan fingerprint density at radius 3 is 2.39 bits per heavy atom. The number of imidazole rings is 1. The van der Waals surface area contributed by atoms with E-state index in [9.17, 15) is 0 Å². The highest BCUT2D eigenvalue weighted by molar-refractivity contribution is 5.65. The van der Waals surface area contributed by atoms with Crippen LogP contribution >= 0.6 is 0 Å². The minimum Gasteiger partial charge on any atom is -0.297 e. The lowest BCUT2D eigenvalue weighted by Crippen LogP contribution is -1.99.